The molecule has 1 atom stereocenters. The van der Waals surface area contributed by atoms with Crippen molar-refractivity contribution in [3.63, 3.8) is 0 Å². The highest BCUT2D eigenvalue weighted by Crippen LogP contribution is 2.14. The Morgan fingerprint density at radius 1 is 1.08 bits per heavy atom. The van der Waals surface area contributed by atoms with Crippen molar-refractivity contribution < 1.29 is 23.9 Å². The van der Waals surface area contributed by atoms with Gasteiger partial charge in [-0.15, -0.1) is 0 Å². The molecular weight excluding hydrogens is 462 g/mol. The van der Waals surface area contributed by atoms with Crippen LogP contribution < -0.4 is 21.5 Å². The van der Waals surface area contributed by atoms with Gasteiger partial charge in [-0.25, -0.2) is 15.6 Å². The summed E-state index contributed by atoms with van der Waals surface area (Å²) in [6, 6.07) is 11.5. The van der Waals surface area contributed by atoms with Gasteiger partial charge in [0.2, 0.25) is 5.91 Å². The summed E-state index contributed by atoms with van der Waals surface area (Å²) in [5.74, 6) is 5.10. The molecule has 0 saturated carbocycles. The number of rotatable bonds is 12. The van der Waals surface area contributed by atoms with Gasteiger partial charge in [-0.1, -0.05) is 36.8 Å². The maximum atomic E-state index is 12.9. The van der Waals surface area contributed by atoms with E-state index in [1.165, 1.54) is 18.3 Å². The summed E-state index contributed by atoms with van der Waals surface area (Å²) in [4.78, 5) is 52.4. The molecule has 194 valence electrons. The minimum absolute atomic E-state index is 0.106. The molecule has 0 bridgehead atoms. The lowest BCUT2D eigenvalue weighted by Crippen LogP contribution is -2.48. The maximum absolute atomic E-state index is 12.9. The van der Waals surface area contributed by atoms with Gasteiger partial charge in [0.15, 0.2) is 5.82 Å². The van der Waals surface area contributed by atoms with Crippen molar-refractivity contribution in [2.45, 2.75) is 64.5 Å². The molecule has 0 aliphatic rings. The number of aldehydes is 1. The zero-order valence-corrected chi connectivity index (χ0v) is 21.0. The molecule has 10 nitrogen and oxygen atoms in total. The number of carbonyl (C=O) groups is 4. The molecular formula is C26H35N5O5. The third-order valence-corrected chi connectivity index (χ3v) is 5.05. The van der Waals surface area contributed by atoms with Crippen LogP contribution in [0.25, 0.3) is 0 Å². The smallest absolute Gasteiger partial charge is 0.430 e. The number of hydrazine groups is 1. The van der Waals surface area contributed by atoms with Gasteiger partial charge in [0.1, 0.15) is 17.9 Å². The van der Waals surface area contributed by atoms with Crippen molar-refractivity contribution >= 4 is 30.0 Å². The first-order valence-electron chi connectivity index (χ1n) is 11.9. The summed E-state index contributed by atoms with van der Waals surface area (Å²) in [6.07, 6.45) is 4.54. The molecule has 0 aliphatic carbocycles. The second kappa shape index (κ2) is 13.9. The van der Waals surface area contributed by atoms with Crippen LogP contribution in [0.1, 0.15) is 62.4 Å². The van der Waals surface area contributed by atoms with Crippen LogP contribution in [-0.4, -0.2) is 47.4 Å². The summed E-state index contributed by atoms with van der Waals surface area (Å²) >= 11 is 0. The van der Waals surface area contributed by atoms with Crippen LogP contribution in [0, 0.1) is 0 Å². The van der Waals surface area contributed by atoms with Gasteiger partial charge in [0, 0.05) is 25.6 Å². The van der Waals surface area contributed by atoms with Crippen LogP contribution >= 0.6 is 0 Å². The summed E-state index contributed by atoms with van der Waals surface area (Å²) in [5.41, 5.74) is 0.378. The van der Waals surface area contributed by atoms with Gasteiger partial charge >= 0.3 is 6.09 Å². The van der Waals surface area contributed by atoms with Crippen molar-refractivity contribution in [3.05, 3.63) is 59.8 Å². The number of aromatic nitrogens is 1. The fourth-order valence-corrected chi connectivity index (χ4v) is 3.23. The van der Waals surface area contributed by atoms with E-state index in [0.29, 0.717) is 19.4 Å². The number of benzene rings is 1. The zero-order chi connectivity index (χ0) is 26.6. The molecule has 0 aliphatic heterocycles. The molecule has 1 heterocycles. The van der Waals surface area contributed by atoms with E-state index in [0.717, 1.165) is 36.1 Å². The van der Waals surface area contributed by atoms with Crippen molar-refractivity contribution in [1.82, 2.24) is 15.6 Å². The molecule has 2 aromatic rings. The minimum Gasteiger partial charge on any atom is -0.442 e. The lowest BCUT2D eigenvalue weighted by molar-refractivity contribution is -0.123. The SMILES string of the molecule is CC(C)(C)OC(=O)N(N)c1ccc(C(=O)N[C@@H](Cc2ccccc2)C(=O)NCCCCCC=O)cn1. The molecule has 10 heteroatoms. The first-order chi connectivity index (χ1) is 17.1. The van der Waals surface area contributed by atoms with Gasteiger partial charge in [0.25, 0.3) is 5.91 Å². The number of nitrogens with zero attached hydrogens (tertiary/aromatic N) is 2. The Balaban J connectivity index is 2.04. The van der Waals surface area contributed by atoms with E-state index in [-0.39, 0.29) is 17.3 Å². The van der Waals surface area contributed by atoms with E-state index in [1.54, 1.807) is 20.8 Å². The number of unbranched alkanes of at least 4 members (excludes halogenated alkanes) is 3. The lowest BCUT2D eigenvalue weighted by atomic mass is 10.0. The number of carbonyl (C=O) groups excluding carboxylic acids is 4. The Morgan fingerprint density at radius 3 is 2.42 bits per heavy atom. The maximum Gasteiger partial charge on any atom is 0.430 e. The van der Waals surface area contributed by atoms with Crippen LogP contribution in [0.3, 0.4) is 0 Å². The molecule has 1 aromatic carbocycles. The molecule has 0 unspecified atom stereocenters. The molecule has 2 rings (SSSR count). The van der Waals surface area contributed by atoms with Gasteiger partial charge in [0.05, 0.1) is 5.56 Å². The van der Waals surface area contributed by atoms with E-state index in [9.17, 15) is 19.2 Å². The van der Waals surface area contributed by atoms with Crippen LogP contribution in [-0.2, 0) is 20.7 Å². The fourth-order valence-electron chi connectivity index (χ4n) is 3.23. The molecule has 36 heavy (non-hydrogen) atoms. The second-order valence-corrected chi connectivity index (χ2v) is 9.28. The standard InChI is InChI=1S/C26H35N5O5/c1-26(2,3)36-25(35)31(27)22-14-13-20(18-29-22)23(33)30-21(17-19-11-7-6-8-12-19)24(34)28-15-9-4-5-10-16-32/h6-8,11-14,16,18,21H,4-5,9-10,15,17,27H2,1-3H3,(H,28,34)(H,30,33)/t21-/m0/s1. The van der Waals surface area contributed by atoms with Crippen LogP contribution in [0.2, 0.25) is 0 Å². The third kappa shape index (κ3) is 9.83. The Kier molecular flexibility index (Phi) is 11.0. The fraction of sp³-hybridized carbons (Fsp3) is 0.423. The van der Waals surface area contributed by atoms with Crippen molar-refractivity contribution in [3.8, 4) is 0 Å². The number of nitrogens with two attached hydrogens (primary N) is 1. The zero-order valence-electron chi connectivity index (χ0n) is 21.0. The van der Waals surface area contributed by atoms with Gasteiger partial charge in [-0.05, 0) is 51.3 Å². The highest BCUT2D eigenvalue weighted by atomic mass is 16.6. The molecule has 4 N–H and O–H groups in total. The van der Waals surface area contributed by atoms with Crippen LogP contribution in [0.5, 0.6) is 0 Å². The minimum atomic E-state index is -0.803. The van der Waals surface area contributed by atoms with Crippen molar-refractivity contribution in [1.29, 1.82) is 0 Å². The third-order valence-electron chi connectivity index (χ3n) is 5.05. The van der Waals surface area contributed by atoms with Gasteiger partial charge in [-0.2, -0.15) is 5.01 Å². The summed E-state index contributed by atoms with van der Waals surface area (Å²) in [7, 11) is 0. The van der Waals surface area contributed by atoms with E-state index < -0.39 is 23.6 Å². The molecule has 3 amide bonds. The van der Waals surface area contributed by atoms with E-state index in [1.807, 2.05) is 30.3 Å². The molecule has 0 spiro atoms. The number of pyridine rings is 1. The summed E-state index contributed by atoms with van der Waals surface area (Å²) < 4.78 is 5.21. The van der Waals surface area contributed by atoms with Crippen LogP contribution in [0.15, 0.2) is 48.7 Å². The predicted molar refractivity (Wildman–Crippen MR) is 136 cm³/mol. The monoisotopic (exact) mass is 497 g/mol. The Bertz CT molecular complexity index is 1010. The van der Waals surface area contributed by atoms with E-state index >= 15 is 0 Å². The topological polar surface area (TPSA) is 144 Å². The number of anilines is 1. The summed E-state index contributed by atoms with van der Waals surface area (Å²) in [5, 5.41) is 6.39. The largest absolute Gasteiger partial charge is 0.442 e. The lowest BCUT2D eigenvalue weighted by Gasteiger charge is -2.23. The second-order valence-electron chi connectivity index (χ2n) is 9.28. The Morgan fingerprint density at radius 2 is 1.81 bits per heavy atom. The first kappa shape index (κ1) is 28.4. The molecule has 0 radical (unpaired) electrons. The number of hydrogen-bond acceptors (Lipinski definition) is 7. The average molecular weight is 498 g/mol. The van der Waals surface area contributed by atoms with E-state index in [2.05, 4.69) is 15.6 Å². The average Bonchev–Trinajstić information content (AvgIpc) is 2.84. The Labute approximate surface area is 211 Å². The van der Waals surface area contributed by atoms with E-state index in [4.69, 9.17) is 10.6 Å². The highest BCUT2D eigenvalue weighted by Gasteiger charge is 2.24. The Hall–Kier alpha value is -3.79. The molecule has 1 aromatic heterocycles. The summed E-state index contributed by atoms with van der Waals surface area (Å²) in [6.45, 7) is 5.60. The highest BCUT2D eigenvalue weighted by molar-refractivity contribution is 5.97. The van der Waals surface area contributed by atoms with Gasteiger partial charge in [-0.3, -0.25) is 9.59 Å². The van der Waals surface area contributed by atoms with Crippen molar-refractivity contribution in [2.24, 2.45) is 5.84 Å². The predicted octanol–water partition coefficient (Wildman–Crippen LogP) is 2.91. The molecule has 0 fully saturated rings. The van der Waals surface area contributed by atoms with Crippen molar-refractivity contribution in [2.75, 3.05) is 11.6 Å². The van der Waals surface area contributed by atoms with Crippen LogP contribution in [0.4, 0.5) is 10.6 Å². The number of amides is 3. The van der Waals surface area contributed by atoms with Gasteiger partial charge < -0.3 is 20.2 Å². The number of ether oxygens (including phenoxy) is 1. The molecule has 0 saturated heterocycles. The first-order valence-corrected chi connectivity index (χ1v) is 11.9. The normalized spacial score (nSPS) is 11.8. The quantitative estimate of drug-likeness (QED) is 0.134. The number of nitrogens with one attached hydrogen (secondary N) is 2. The number of hydrogen-bond donors (Lipinski definition) is 3.